The van der Waals surface area contributed by atoms with Gasteiger partial charge in [0.2, 0.25) is 11.8 Å². The lowest BCUT2D eigenvalue weighted by Crippen LogP contribution is -2.47. The first-order valence-electron chi connectivity index (χ1n) is 9.95. The van der Waals surface area contributed by atoms with Gasteiger partial charge in [-0.2, -0.15) is 0 Å². The first-order chi connectivity index (χ1) is 12.5. The van der Waals surface area contributed by atoms with Crippen LogP contribution in [0.25, 0.3) is 0 Å². The van der Waals surface area contributed by atoms with E-state index < -0.39 is 11.3 Å². The van der Waals surface area contributed by atoms with Gasteiger partial charge >= 0.3 is 0 Å². The topological polar surface area (TPSA) is 20.3 Å². The summed E-state index contributed by atoms with van der Waals surface area (Å²) in [6.07, 6.45) is 2.20. The number of carbonyl (C=O) groups excluding carboxylic acids is 1. The van der Waals surface area contributed by atoms with Crippen molar-refractivity contribution in [1.82, 2.24) is 4.90 Å². The van der Waals surface area contributed by atoms with Gasteiger partial charge in [0, 0.05) is 19.0 Å². The molecule has 1 aromatic rings. The van der Waals surface area contributed by atoms with E-state index in [-0.39, 0.29) is 18.4 Å². The number of rotatable bonds is 9. The van der Waals surface area contributed by atoms with Crippen molar-refractivity contribution in [2.75, 3.05) is 6.54 Å². The van der Waals surface area contributed by atoms with Gasteiger partial charge in [-0.15, -0.1) is 0 Å². The second-order valence-corrected chi connectivity index (χ2v) is 8.55. The van der Waals surface area contributed by atoms with E-state index in [2.05, 4.69) is 34.3 Å². The van der Waals surface area contributed by atoms with Gasteiger partial charge in [0.1, 0.15) is 0 Å². The molecule has 1 aromatic carbocycles. The van der Waals surface area contributed by atoms with Gasteiger partial charge in [-0.25, -0.2) is 8.78 Å². The lowest BCUT2D eigenvalue weighted by atomic mass is 9.91. The molecule has 0 saturated heterocycles. The zero-order valence-corrected chi connectivity index (χ0v) is 17.3. The molecular weight excluding hydrogens is 344 g/mol. The minimum absolute atomic E-state index is 0.122. The van der Waals surface area contributed by atoms with E-state index >= 15 is 0 Å². The fourth-order valence-corrected chi connectivity index (χ4v) is 3.44. The van der Waals surface area contributed by atoms with Gasteiger partial charge in [0.25, 0.3) is 0 Å². The standard InChI is InChI=1S/C23H33F2NO/c1-7-17(4)15-26(18(5)16(2)3)21(27)23(12-13-23)20-10-8-19(9-11-20)14-22(6,24)25/h8-11,16,18H,4,7,12-15H2,1-3,5-6H3. The van der Waals surface area contributed by atoms with Crippen molar-refractivity contribution in [3.8, 4) is 0 Å². The summed E-state index contributed by atoms with van der Waals surface area (Å²) >= 11 is 0. The van der Waals surface area contributed by atoms with Crippen LogP contribution in [-0.2, 0) is 16.6 Å². The molecule has 0 aliphatic heterocycles. The predicted molar refractivity (Wildman–Crippen MR) is 107 cm³/mol. The highest BCUT2D eigenvalue weighted by molar-refractivity contribution is 5.91. The van der Waals surface area contributed by atoms with Crippen LogP contribution in [0, 0.1) is 5.92 Å². The normalized spacial score (nSPS) is 16.9. The zero-order chi connectivity index (χ0) is 20.4. The Kier molecular flexibility index (Phi) is 6.49. The highest BCUT2D eigenvalue weighted by Gasteiger charge is 2.53. The molecule has 4 heteroatoms. The number of nitrogens with zero attached hydrogens (tertiary/aromatic N) is 1. The summed E-state index contributed by atoms with van der Waals surface area (Å²) in [5, 5.41) is 0. The molecule has 1 aliphatic rings. The summed E-state index contributed by atoms with van der Waals surface area (Å²) in [7, 11) is 0. The largest absolute Gasteiger partial charge is 0.335 e. The predicted octanol–water partition coefficient (Wildman–Crippen LogP) is 5.76. The maximum Gasteiger partial charge on any atom is 0.249 e. The van der Waals surface area contributed by atoms with Crippen molar-refractivity contribution in [2.45, 2.75) is 77.7 Å². The number of benzene rings is 1. The van der Waals surface area contributed by atoms with Crippen molar-refractivity contribution < 1.29 is 13.6 Å². The maximum atomic E-state index is 13.5. The van der Waals surface area contributed by atoms with Crippen molar-refractivity contribution >= 4 is 5.91 Å². The molecule has 0 aromatic heterocycles. The Hall–Kier alpha value is -1.71. The van der Waals surface area contributed by atoms with Crippen LogP contribution in [-0.4, -0.2) is 29.3 Å². The SMILES string of the molecule is C=C(CC)CN(C(=O)C1(c2ccc(CC(C)(F)F)cc2)CC1)C(C)C(C)C. The minimum Gasteiger partial charge on any atom is -0.335 e. The highest BCUT2D eigenvalue weighted by atomic mass is 19.3. The molecule has 2 nitrogen and oxygen atoms in total. The Morgan fingerprint density at radius 3 is 2.19 bits per heavy atom. The second-order valence-electron chi connectivity index (χ2n) is 8.55. The molecule has 1 saturated carbocycles. The van der Waals surface area contributed by atoms with Crippen LogP contribution < -0.4 is 0 Å². The average Bonchev–Trinajstić information content (AvgIpc) is 3.39. The van der Waals surface area contributed by atoms with Crippen LogP contribution in [0.2, 0.25) is 0 Å². The molecule has 0 radical (unpaired) electrons. The Balaban J connectivity index is 2.25. The number of amides is 1. The van der Waals surface area contributed by atoms with Gasteiger partial charge < -0.3 is 4.90 Å². The molecule has 1 amide bonds. The molecule has 0 spiro atoms. The molecule has 1 atom stereocenters. The summed E-state index contributed by atoms with van der Waals surface area (Å²) in [6.45, 7) is 14.0. The number of hydrogen-bond donors (Lipinski definition) is 0. The number of alkyl halides is 2. The van der Waals surface area contributed by atoms with E-state index in [1.165, 1.54) is 0 Å². The molecular formula is C23H33F2NO. The number of hydrogen-bond acceptors (Lipinski definition) is 1. The van der Waals surface area contributed by atoms with E-state index in [9.17, 15) is 13.6 Å². The van der Waals surface area contributed by atoms with Gasteiger partial charge in [-0.1, -0.05) is 57.2 Å². The second kappa shape index (κ2) is 8.12. The van der Waals surface area contributed by atoms with E-state index in [0.29, 0.717) is 18.0 Å². The fourth-order valence-electron chi connectivity index (χ4n) is 3.44. The Morgan fingerprint density at radius 1 is 1.22 bits per heavy atom. The van der Waals surface area contributed by atoms with Crippen LogP contribution in [0.3, 0.4) is 0 Å². The first kappa shape index (κ1) is 21.6. The molecule has 1 unspecified atom stereocenters. The van der Waals surface area contributed by atoms with Crippen molar-refractivity contribution in [1.29, 1.82) is 0 Å². The van der Waals surface area contributed by atoms with E-state index in [1.807, 2.05) is 17.0 Å². The highest BCUT2D eigenvalue weighted by Crippen LogP contribution is 2.50. The van der Waals surface area contributed by atoms with Crippen molar-refractivity contribution in [3.05, 3.63) is 47.5 Å². The number of carbonyl (C=O) groups is 1. The van der Waals surface area contributed by atoms with E-state index in [1.54, 1.807) is 12.1 Å². The van der Waals surface area contributed by atoms with Crippen LogP contribution in [0.4, 0.5) is 8.78 Å². The molecule has 1 aliphatic carbocycles. The van der Waals surface area contributed by atoms with Crippen LogP contribution >= 0.6 is 0 Å². The molecule has 2 rings (SSSR count). The van der Waals surface area contributed by atoms with Crippen molar-refractivity contribution in [3.63, 3.8) is 0 Å². The molecule has 27 heavy (non-hydrogen) atoms. The summed E-state index contributed by atoms with van der Waals surface area (Å²) in [5.74, 6) is -2.23. The van der Waals surface area contributed by atoms with E-state index in [0.717, 1.165) is 37.3 Å². The number of halogens is 2. The third-order valence-corrected chi connectivity index (χ3v) is 5.79. The van der Waals surface area contributed by atoms with Crippen LogP contribution in [0.1, 0.15) is 65.0 Å². The summed E-state index contributed by atoms with van der Waals surface area (Å²) in [5.41, 5.74) is 2.09. The summed E-state index contributed by atoms with van der Waals surface area (Å²) in [4.78, 5) is 15.5. The van der Waals surface area contributed by atoms with Gasteiger partial charge in [-0.3, -0.25) is 4.79 Å². The minimum atomic E-state index is -2.72. The summed E-state index contributed by atoms with van der Waals surface area (Å²) in [6, 6.07) is 7.32. The lowest BCUT2D eigenvalue weighted by Gasteiger charge is -2.35. The third kappa shape index (κ3) is 5.18. The Bertz CT molecular complexity index is 669. The average molecular weight is 378 g/mol. The van der Waals surface area contributed by atoms with E-state index in [4.69, 9.17) is 0 Å². The monoisotopic (exact) mass is 377 g/mol. The molecule has 1 fully saturated rings. The zero-order valence-electron chi connectivity index (χ0n) is 17.3. The Labute approximate surface area is 162 Å². The van der Waals surface area contributed by atoms with Crippen LogP contribution in [0.15, 0.2) is 36.4 Å². The Morgan fingerprint density at radius 2 is 1.78 bits per heavy atom. The lowest BCUT2D eigenvalue weighted by molar-refractivity contribution is -0.136. The van der Waals surface area contributed by atoms with Crippen molar-refractivity contribution in [2.24, 2.45) is 5.92 Å². The quantitative estimate of drug-likeness (QED) is 0.501. The third-order valence-electron chi connectivity index (χ3n) is 5.79. The molecule has 150 valence electrons. The molecule has 0 bridgehead atoms. The maximum absolute atomic E-state index is 13.5. The molecule has 0 N–H and O–H groups in total. The van der Waals surface area contributed by atoms with Crippen LogP contribution in [0.5, 0.6) is 0 Å². The fraction of sp³-hybridized carbons (Fsp3) is 0.609. The molecule has 0 heterocycles. The smallest absolute Gasteiger partial charge is 0.249 e. The van der Waals surface area contributed by atoms with Gasteiger partial charge in [0.15, 0.2) is 0 Å². The van der Waals surface area contributed by atoms with Gasteiger partial charge in [-0.05, 0) is 50.2 Å². The van der Waals surface area contributed by atoms with Gasteiger partial charge in [0.05, 0.1) is 5.41 Å². The summed E-state index contributed by atoms with van der Waals surface area (Å²) < 4.78 is 26.5. The first-order valence-corrected chi connectivity index (χ1v) is 9.95.